The van der Waals surface area contributed by atoms with Gasteiger partial charge in [-0.25, -0.2) is 8.42 Å². The van der Waals surface area contributed by atoms with Crippen molar-refractivity contribution in [1.29, 1.82) is 0 Å². The predicted molar refractivity (Wildman–Crippen MR) is 89.1 cm³/mol. The summed E-state index contributed by atoms with van der Waals surface area (Å²) in [6.45, 7) is 0. The molecule has 100 valence electrons. The minimum atomic E-state index is -3.55. The third-order valence-electron chi connectivity index (χ3n) is 2.29. The molecule has 0 aliphatic heterocycles. The fraction of sp³-hybridized carbons (Fsp3) is 0. The van der Waals surface area contributed by atoms with Gasteiger partial charge in [-0.15, -0.1) is 0 Å². The summed E-state index contributed by atoms with van der Waals surface area (Å²) >= 11 is 13.2. The van der Waals surface area contributed by atoms with Crippen LogP contribution in [0.2, 0.25) is 0 Å². The van der Waals surface area contributed by atoms with Gasteiger partial charge in [0.15, 0.2) is 0 Å². The molecule has 0 unspecified atom stereocenters. The molecule has 0 amide bonds. The molecule has 0 atom stereocenters. The van der Waals surface area contributed by atoms with Gasteiger partial charge in [-0.1, -0.05) is 63.7 Å². The van der Waals surface area contributed by atoms with Gasteiger partial charge in [0.25, 0.3) is 0 Å². The summed E-state index contributed by atoms with van der Waals surface area (Å²) < 4.78 is 27.9. The minimum Gasteiger partial charge on any atom is -0.219 e. The lowest BCUT2D eigenvalue weighted by atomic mass is 10.4. The Hall–Kier alpha value is 0.310. The van der Waals surface area contributed by atoms with E-state index in [0.717, 1.165) is 0 Å². The van der Waals surface area contributed by atoms with E-state index in [0.29, 0.717) is 17.9 Å². The Bertz CT molecular complexity index is 643. The van der Waals surface area contributed by atoms with E-state index in [9.17, 15) is 8.42 Å². The van der Waals surface area contributed by atoms with E-state index < -0.39 is 9.84 Å². The van der Waals surface area contributed by atoms with Gasteiger partial charge in [-0.05, 0) is 36.4 Å². The van der Waals surface area contributed by atoms with Crippen molar-refractivity contribution in [3.05, 3.63) is 54.3 Å². The van der Waals surface area contributed by atoms with Gasteiger partial charge >= 0.3 is 0 Å². The van der Waals surface area contributed by atoms with Crippen LogP contribution >= 0.6 is 63.7 Å². The quantitative estimate of drug-likeness (QED) is 0.506. The highest BCUT2D eigenvalue weighted by molar-refractivity contribution is 9.11. The average molecular weight is 534 g/mol. The summed E-state index contributed by atoms with van der Waals surface area (Å²) in [4.78, 5) is 0.470. The SMILES string of the molecule is O=S(=O)(c1cc(Br)cc(Br)c1)c1cc(Br)cc(Br)c1. The predicted octanol–water partition coefficient (Wildman–Crippen LogP) is 5.57. The van der Waals surface area contributed by atoms with E-state index in [1.165, 1.54) is 0 Å². The number of rotatable bonds is 2. The normalized spacial score (nSPS) is 11.6. The van der Waals surface area contributed by atoms with Crippen LogP contribution < -0.4 is 0 Å². The van der Waals surface area contributed by atoms with Crippen molar-refractivity contribution in [3.8, 4) is 0 Å². The zero-order chi connectivity index (χ0) is 14.2. The van der Waals surface area contributed by atoms with Crippen molar-refractivity contribution >= 4 is 73.6 Å². The monoisotopic (exact) mass is 530 g/mol. The van der Waals surface area contributed by atoms with E-state index in [2.05, 4.69) is 63.7 Å². The van der Waals surface area contributed by atoms with Crippen LogP contribution in [0, 0.1) is 0 Å². The van der Waals surface area contributed by atoms with Gasteiger partial charge in [0.05, 0.1) is 9.79 Å². The van der Waals surface area contributed by atoms with Crippen molar-refractivity contribution in [1.82, 2.24) is 0 Å². The Labute approximate surface area is 145 Å². The molecule has 2 rings (SSSR count). The number of sulfone groups is 1. The first-order valence-corrected chi connectivity index (χ1v) is 9.62. The average Bonchev–Trinajstić information content (AvgIpc) is 2.26. The van der Waals surface area contributed by atoms with Crippen molar-refractivity contribution in [2.24, 2.45) is 0 Å². The van der Waals surface area contributed by atoms with E-state index >= 15 is 0 Å². The minimum absolute atomic E-state index is 0.235. The second-order valence-corrected chi connectivity index (χ2v) is 9.33. The Morgan fingerprint density at radius 3 is 1.11 bits per heavy atom. The Morgan fingerprint density at radius 2 is 0.842 bits per heavy atom. The molecule has 0 N–H and O–H groups in total. The zero-order valence-electron chi connectivity index (χ0n) is 9.20. The molecule has 0 aliphatic carbocycles. The molecule has 0 aromatic heterocycles. The second kappa shape index (κ2) is 5.97. The van der Waals surface area contributed by atoms with Crippen LogP contribution in [0.5, 0.6) is 0 Å². The molecule has 2 nitrogen and oxygen atoms in total. The molecule has 0 spiro atoms. The lowest BCUT2D eigenvalue weighted by molar-refractivity contribution is 0.596. The van der Waals surface area contributed by atoms with Crippen molar-refractivity contribution in [2.45, 2.75) is 9.79 Å². The van der Waals surface area contributed by atoms with Crippen LogP contribution in [0.3, 0.4) is 0 Å². The van der Waals surface area contributed by atoms with Crippen LogP contribution in [0.25, 0.3) is 0 Å². The molecule has 0 saturated carbocycles. The van der Waals surface area contributed by atoms with Gasteiger partial charge in [0.2, 0.25) is 9.84 Å². The molecular weight excluding hydrogens is 528 g/mol. The molecule has 0 fully saturated rings. The molecule has 2 aromatic rings. The highest BCUT2D eigenvalue weighted by Crippen LogP contribution is 2.30. The molecular formula is C12H6Br4O2S. The fourth-order valence-corrected chi connectivity index (χ4v) is 6.10. The first kappa shape index (κ1) is 15.7. The summed E-state index contributed by atoms with van der Waals surface area (Å²) in [5.74, 6) is 0. The van der Waals surface area contributed by atoms with Gasteiger partial charge in [0, 0.05) is 17.9 Å². The van der Waals surface area contributed by atoms with Gasteiger partial charge in [-0.2, -0.15) is 0 Å². The molecule has 0 bridgehead atoms. The first-order valence-electron chi connectivity index (χ1n) is 4.96. The zero-order valence-corrected chi connectivity index (χ0v) is 16.4. The molecule has 0 saturated heterocycles. The van der Waals surface area contributed by atoms with E-state index in [-0.39, 0.29) is 9.79 Å². The summed E-state index contributed by atoms with van der Waals surface area (Å²) in [5, 5.41) is 0. The first-order chi connectivity index (χ1) is 8.79. The Kier molecular flexibility index (Phi) is 4.93. The second-order valence-electron chi connectivity index (χ2n) is 3.71. The van der Waals surface area contributed by atoms with Gasteiger partial charge < -0.3 is 0 Å². The van der Waals surface area contributed by atoms with Crippen LogP contribution in [0.15, 0.2) is 64.1 Å². The number of halogens is 4. The standard InChI is InChI=1S/C12H6Br4O2S/c13-7-1-8(14)4-11(3-7)19(17,18)12-5-9(15)2-10(16)6-12/h1-6H. The maximum Gasteiger partial charge on any atom is 0.206 e. The van der Waals surface area contributed by atoms with Crippen molar-refractivity contribution in [3.63, 3.8) is 0 Å². The largest absolute Gasteiger partial charge is 0.219 e. The number of benzene rings is 2. The van der Waals surface area contributed by atoms with Crippen LogP contribution in [0.4, 0.5) is 0 Å². The third kappa shape index (κ3) is 3.69. The number of hydrogen-bond donors (Lipinski definition) is 0. The maximum absolute atomic E-state index is 12.6. The van der Waals surface area contributed by atoms with Crippen LogP contribution in [-0.4, -0.2) is 8.42 Å². The van der Waals surface area contributed by atoms with Gasteiger partial charge in [-0.3, -0.25) is 0 Å². The summed E-state index contributed by atoms with van der Waals surface area (Å²) in [5.41, 5.74) is 0. The highest BCUT2D eigenvalue weighted by Gasteiger charge is 2.19. The molecule has 2 aromatic carbocycles. The molecule has 7 heteroatoms. The lowest BCUT2D eigenvalue weighted by Crippen LogP contribution is -2.02. The third-order valence-corrected chi connectivity index (χ3v) is 5.84. The van der Waals surface area contributed by atoms with Crippen molar-refractivity contribution < 1.29 is 8.42 Å². The van der Waals surface area contributed by atoms with E-state index in [1.54, 1.807) is 36.4 Å². The fourth-order valence-electron chi connectivity index (χ4n) is 1.50. The molecule has 0 radical (unpaired) electrons. The molecule has 0 heterocycles. The summed E-state index contributed by atoms with van der Waals surface area (Å²) in [7, 11) is -3.55. The van der Waals surface area contributed by atoms with Crippen LogP contribution in [-0.2, 0) is 9.84 Å². The summed E-state index contributed by atoms with van der Waals surface area (Å²) in [6, 6.07) is 9.89. The number of hydrogen-bond acceptors (Lipinski definition) is 2. The Morgan fingerprint density at radius 1 is 0.579 bits per heavy atom. The topological polar surface area (TPSA) is 34.1 Å². The highest BCUT2D eigenvalue weighted by atomic mass is 79.9. The Balaban J connectivity index is 2.65. The molecule has 19 heavy (non-hydrogen) atoms. The van der Waals surface area contributed by atoms with E-state index in [1.807, 2.05) is 0 Å². The molecule has 0 aliphatic rings. The van der Waals surface area contributed by atoms with Gasteiger partial charge in [0.1, 0.15) is 0 Å². The summed E-state index contributed by atoms with van der Waals surface area (Å²) in [6.07, 6.45) is 0. The van der Waals surface area contributed by atoms with Crippen LogP contribution in [0.1, 0.15) is 0 Å². The van der Waals surface area contributed by atoms with E-state index in [4.69, 9.17) is 0 Å². The smallest absolute Gasteiger partial charge is 0.206 e. The van der Waals surface area contributed by atoms with Crippen molar-refractivity contribution in [2.75, 3.05) is 0 Å². The maximum atomic E-state index is 12.6. The lowest BCUT2D eigenvalue weighted by Gasteiger charge is -2.07.